The highest BCUT2D eigenvalue weighted by Crippen LogP contribution is 2.34. The van der Waals surface area contributed by atoms with Crippen LogP contribution in [0.1, 0.15) is 18.4 Å². The van der Waals surface area contributed by atoms with E-state index in [1.165, 1.54) is 7.11 Å². The van der Waals surface area contributed by atoms with Crippen LogP contribution in [0.2, 0.25) is 5.02 Å². The molecule has 20 heavy (non-hydrogen) atoms. The first kappa shape index (κ1) is 17.3. The molecule has 1 atom stereocenters. The van der Waals surface area contributed by atoms with Gasteiger partial charge in [-0.15, -0.1) is 12.4 Å². The van der Waals surface area contributed by atoms with E-state index in [1.807, 2.05) is 24.3 Å². The summed E-state index contributed by atoms with van der Waals surface area (Å²) in [7, 11) is 3.53. The lowest BCUT2D eigenvalue weighted by atomic mass is 9.75. The number of hydrogen-bond acceptors (Lipinski definition) is 3. The largest absolute Gasteiger partial charge is 0.469 e. The highest BCUT2D eigenvalue weighted by Gasteiger charge is 2.42. The van der Waals surface area contributed by atoms with Crippen molar-refractivity contribution < 1.29 is 9.53 Å². The zero-order chi connectivity index (χ0) is 13.9. The van der Waals surface area contributed by atoms with E-state index in [0.29, 0.717) is 6.42 Å². The number of carbonyl (C=O) groups is 1. The summed E-state index contributed by atoms with van der Waals surface area (Å²) < 4.78 is 5.05. The number of hydrogen-bond donors (Lipinski definition) is 0. The monoisotopic (exact) mass is 317 g/mol. The van der Waals surface area contributed by atoms with Crippen molar-refractivity contribution in [3.63, 3.8) is 0 Å². The quantitative estimate of drug-likeness (QED) is 0.802. The van der Waals surface area contributed by atoms with Gasteiger partial charge in [0.05, 0.1) is 12.5 Å². The Morgan fingerprint density at radius 2 is 2.05 bits per heavy atom. The van der Waals surface area contributed by atoms with Crippen LogP contribution in [0.5, 0.6) is 0 Å². The molecule has 1 aliphatic heterocycles. The molecule has 0 bridgehead atoms. The van der Waals surface area contributed by atoms with E-state index in [9.17, 15) is 4.79 Å². The molecule has 1 aromatic carbocycles. The van der Waals surface area contributed by atoms with Crippen molar-refractivity contribution in [1.29, 1.82) is 0 Å². The van der Waals surface area contributed by atoms with Gasteiger partial charge < -0.3 is 9.64 Å². The highest BCUT2D eigenvalue weighted by molar-refractivity contribution is 6.30. The van der Waals surface area contributed by atoms with Crippen LogP contribution >= 0.6 is 24.0 Å². The smallest absolute Gasteiger partial charge is 0.313 e. The molecule has 0 saturated carbocycles. The van der Waals surface area contributed by atoms with Crippen molar-refractivity contribution in [3.8, 4) is 0 Å². The van der Waals surface area contributed by atoms with Crippen LogP contribution in [0.4, 0.5) is 0 Å². The zero-order valence-corrected chi connectivity index (χ0v) is 13.5. The molecule has 1 saturated heterocycles. The van der Waals surface area contributed by atoms with E-state index < -0.39 is 5.41 Å². The number of piperidine rings is 1. The first-order chi connectivity index (χ1) is 9.05. The third kappa shape index (κ3) is 3.87. The Hall–Kier alpha value is -0.770. The van der Waals surface area contributed by atoms with E-state index in [0.717, 1.165) is 36.5 Å². The summed E-state index contributed by atoms with van der Waals surface area (Å²) in [4.78, 5) is 14.4. The number of nitrogens with zero attached hydrogens (tertiary/aromatic N) is 1. The summed E-state index contributed by atoms with van der Waals surface area (Å²) in [5.41, 5.74) is 0.709. The van der Waals surface area contributed by atoms with E-state index in [2.05, 4.69) is 11.9 Å². The molecule has 2 rings (SSSR count). The van der Waals surface area contributed by atoms with Crippen molar-refractivity contribution >= 4 is 30.0 Å². The third-order valence-corrected chi connectivity index (χ3v) is 4.09. The number of rotatable bonds is 3. The van der Waals surface area contributed by atoms with Crippen LogP contribution in [0.3, 0.4) is 0 Å². The lowest BCUT2D eigenvalue weighted by Crippen LogP contribution is -2.48. The van der Waals surface area contributed by atoms with Gasteiger partial charge in [0.2, 0.25) is 0 Å². The van der Waals surface area contributed by atoms with Crippen LogP contribution in [-0.4, -0.2) is 38.1 Å². The molecule has 0 radical (unpaired) electrons. The van der Waals surface area contributed by atoms with Gasteiger partial charge in [0.1, 0.15) is 0 Å². The van der Waals surface area contributed by atoms with Gasteiger partial charge in [-0.05, 0) is 50.6 Å². The molecule has 112 valence electrons. The fourth-order valence-corrected chi connectivity index (χ4v) is 3.08. The van der Waals surface area contributed by atoms with Gasteiger partial charge in [-0.1, -0.05) is 23.7 Å². The molecule has 0 aliphatic carbocycles. The SMILES string of the molecule is COC(=O)C1(Cc2ccc(Cl)cc2)CCCN(C)C1.Cl. The van der Waals surface area contributed by atoms with Gasteiger partial charge in [-0.3, -0.25) is 4.79 Å². The number of carbonyl (C=O) groups excluding carboxylic acids is 1. The summed E-state index contributed by atoms with van der Waals surface area (Å²) in [6.45, 7) is 1.79. The number of ether oxygens (including phenoxy) is 1. The molecular weight excluding hydrogens is 297 g/mol. The molecule has 0 aromatic heterocycles. The Bertz CT molecular complexity index is 450. The molecule has 0 amide bonds. The molecular formula is C15H21Cl2NO2. The average molecular weight is 318 g/mol. The number of methoxy groups -OCH3 is 1. The van der Waals surface area contributed by atoms with Gasteiger partial charge >= 0.3 is 5.97 Å². The minimum Gasteiger partial charge on any atom is -0.469 e. The molecule has 3 nitrogen and oxygen atoms in total. The van der Waals surface area contributed by atoms with E-state index in [4.69, 9.17) is 16.3 Å². The predicted octanol–water partition coefficient (Wildman–Crippen LogP) is 3.19. The molecule has 1 heterocycles. The first-order valence-electron chi connectivity index (χ1n) is 6.57. The van der Waals surface area contributed by atoms with Crippen molar-refractivity contribution in [2.24, 2.45) is 5.41 Å². The maximum atomic E-state index is 12.2. The third-order valence-electron chi connectivity index (χ3n) is 3.84. The van der Waals surface area contributed by atoms with Crippen molar-refractivity contribution in [2.75, 3.05) is 27.2 Å². The lowest BCUT2D eigenvalue weighted by molar-refractivity contribution is -0.156. The molecule has 1 unspecified atom stereocenters. The van der Waals surface area contributed by atoms with Crippen LogP contribution in [-0.2, 0) is 16.0 Å². The van der Waals surface area contributed by atoms with Crippen LogP contribution < -0.4 is 0 Å². The summed E-state index contributed by atoms with van der Waals surface area (Å²) in [6, 6.07) is 7.71. The zero-order valence-electron chi connectivity index (χ0n) is 11.9. The second-order valence-corrected chi connectivity index (χ2v) is 5.85. The summed E-state index contributed by atoms with van der Waals surface area (Å²) in [5.74, 6) is -0.103. The minimum atomic E-state index is -0.421. The van der Waals surface area contributed by atoms with E-state index in [1.54, 1.807) is 0 Å². The van der Waals surface area contributed by atoms with Crippen molar-refractivity contribution in [3.05, 3.63) is 34.9 Å². The Kier molecular flexibility index (Phi) is 6.31. The number of likely N-dealkylation sites (tertiary alicyclic amines) is 1. The molecule has 1 aromatic rings. The molecule has 0 N–H and O–H groups in total. The van der Waals surface area contributed by atoms with Crippen LogP contribution in [0.15, 0.2) is 24.3 Å². The lowest BCUT2D eigenvalue weighted by Gasteiger charge is -2.39. The fraction of sp³-hybridized carbons (Fsp3) is 0.533. The Morgan fingerprint density at radius 1 is 1.40 bits per heavy atom. The Labute approximate surface area is 131 Å². The van der Waals surface area contributed by atoms with Gasteiger partial charge in [0.25, 0.3) is 0 Å². The molecule has 5 heteroatoms. The summed E-state index contributed by atoms with van der Waals surface area (Å²) in [6.07, 6.45) is 2.62. The van der Waals surface area contributed by atoms with Crippen molar-refractivity contribution in [2.45, 2.75) is 19.3 Å². The van der Waals surface area contributed by atoms with Gasteiger partial charge in [0.15, 0.2) is 0 Å². The first-order valence-corrected chi connectivity index (χ1v) is 6.95. The number of halogens is 2. The van der Waals surface area contributed by atoms with Crippen LogP contribution in [0, 0.1) is 5.41 Å². The predicted molar refractivity (Wildman–Crippen MR) is 83.6 cm³/mol. The van der Waals surface area contributed by atoms with Gasteiger partial charge in [0, 0.05) is 11.6 Å². The van der Waals surface area contributed by atoms with Gasteiger partial charge in [-0.25, -0.2) is 0 Å². The van der Waals surface area contributed by atoms with E-state index in [-0.39, 0.29) is 18.4 Å². The summed E-state index contributed by atoms with van der Waals surface area (Å²) in [5, 5.41) is 0.719. The molecule has 1 aliphatic rings. The average Bonchev–Trinajstić information content (AvgIpc) is 2.40. The van der Waals surface area contributed by atoms with Crippen LogP contribution in [0.25, 0.3) is 0 Å². The topological polar surface area (TPSA) is 29.5 Å². The maximum Gasteiger partial charge on any atom is 0.313 e. The van der Waals surface area contributed by atoms with Crippen molar-refractivity contribution in [1.82, 2.24) is 4.90 Å². The summed E-state index contributed by atoms with van der Waals surface area (Å²) >= 11 is 5.90. The second-order valence-electron chi connectivity index (χ2n) is 5.42. The number of benzene rings is 1. The molecule has 0 spiro atoms. The fourth-order valence-electron chi connectivity index (χ4n) is 2.95. The maximum absolute atomic E-state index is 12.2. The van der Waals surface area contributed by atoms with E-state index >= 15 is 0 Å². The normalized spacial score (nSPS) is 22.9. The van der Waals surface area contributed by atoms with Gasteiger partial charge in [-0.2, -0.15) is 0 Å². The Morgan fingerprint density at radius 3 is 2.60 bits per heavy atom. The standard InChI is InChI=1S/C15H20ClNO2.ClH/c1-17-9-3-8-15(11-17,14(18)19-2)10-12-4-6-13(16)7-5-12;/h4-7H,3,8-11H2,1-2H3;1H. The molecule has 1 fully saturated rings. The second kappa shape index (κ2) is 7.30. The number of esters is 1. The highest BCUT2D eigenvalue weighted by atomic mass is 35.5. The Balaban J connectivity index is 0.00000200. The minimum absolute atomic E-state index is 0.